The molecule has 0 aromatic rings. The van der Waals surface area contributed by atoms with Crippen LogP contribution in [0.25, 0.3) is 0 Å². The minimum atomic E-state index is -0.113. The van der Waals surface area contributed by atoms with E-state index in [1.54, 1.807) is 0 Å². The van der Waals surface area contributed by atoms with Crippen molar-refractivity contribution in [3.63, 3.8) is 0 Å². The standard InChI is InChI=1S/C14H22N2O2/c17-13(12-4-1-2-5-12)16-8-9-18-14(11-16)6-3-7-15-10-14/h1-2,12,15H,3-11H2/t14-/m0/s1. The topological polar surface area (TPSA) is 41.6 Å². The van der Waals surface area contributed by atoms with E-state index in [1.165, 1.54) is 0 Å². The number of allylic oxidation sites excluding steroid dienone is 2. The van der Waals surface area contributed by atoms with Gasteiger partial charge < -0.3 is 15.0 Å². The molecule has 0 aromatic carbocycles. The third-order valence-electron chi connectivity index (χ3n) is 4.35. The molecule has 0 bridgehead atoms. The van der Waals surface area contributed by atoms with Crippen molar-refractivity contribution >= 4 is 5.91 Å². The van der Waals surface area contributed by atoms with E-state index in [2.05, 4.69) is 17.5 Å². The van der Waals surface area contributed by atoms with Crippen LogP contribution in [0, 0.1) is 5.92 Å². The van der Waals surface area contributed by atoms with E-state index in [4.69, 9.17) is 4.74 Å². The number of hydrogen-bond donors (Lipinski definition) is 1. The van der Waals surface area contributed by atoms with Crippen molar-refractivity contribution in [2.24, 2.45) is 5.92 Å². The summed E-state index contributed by atoms with van der Waals surface area (Å²) in [5.41, 5.74) is -0.113. The van der Waals surface area contributed by atoms with Gasteiger partial charge in [-0.2, -0.15) is 0 Å². The predicted octanol–water partition coefficient (Wildman–Crippen LogP) is 0.934. The van der Waals surface area contributed by atoms with Gasteiger partial charge in [0.15, 0.2) is 0 Å². The molecule has 0 unspecified atom stereocenters. The second-order valence-corrected chi connectivity index (χ2v) is 5.71. The molecule has 1 spiro atoms. The van der Waals surface area contributed by atoms with Crippen LogP contribution in [0.4, 0.5) is 0 Å². The number of carbonyl (C=O) groups is 1. The highest BCUT2D eigenvalue weighted by Gasteiger charge is 2.40. The number of carbonyl (C=O) groups excluding carboxylic acids is 1. The quantitative estimate of drug-likeness (QED) is 0.704. The van der Waals surface area contributed by atoms with Crippen LogP contribution in [0.5, 0.6) is 0 Å². The first kappa shape index (κ1) is 12.2. The Labute approximate surface area is 108 Å². The zero-order chi connectivity index (χ0) is 12.4. The molecule has 2 aliphatic heterocycles. The van der Waals surface area contributed by atoms with E-state index in [0.29, 0.717) is 12.5 Å². The number of rotatable bonds is 1. The molecule has 3 aliphatic rings. The number of morpholine rings is 1. The lowest BCUT2D eigenvalue weighted by atomic mass is 9.91. The Morgan fingerprint density at radius 3 is 2.94 bits per heavy atom. The average molecular weight is 250 g/mol. The average Bonchev–Trinajstić information content (AvgIpc) is 2.93. The third kappa shape index (κ3) is 2.31. The van der Waals surface area contributed by atoms with Crippen molar-refractivity contribution in [3.8, 4) is 0 Å². The molecule has 2 fully saturated rings. The van der Waals surface area contributed by atoms with Crippen LogP contribution in [0.1, 0.15) is 25.7 Å². The summed E-state index contributed by atoms with van der Waals surface area (Å²) in [5, 5.41) is 3.40. The number of hydrogen-bond acceptors (Lipinski definition) is 3. The molecule has 2 saturated heterocycles. The van der Waals surface area contributed by atoms with Crippen molar-refractivity contribution in [3.05, 3.63) is 12.2 Å². The second kappa shape index (κ2) is 5.02. The van der Waals surface area contributed by atoms with Crippen LogP contribution in [0.15, 0.2) is 12.2 Å². The highest BCUT2D eigenvalue weighted by molar-refractivity contribution is 5.79. The van der Waals surface area contributed by atoms with Crippen LogP contribution in [0.3, 0.4) is 0 Å². The van der Waals surface area contributed by atoms with Crippen molar-refractivity contribution in [1.82, 2.24) is 10.2 Å². The Bertz CT molecular complexity index is 334. The lowest BCUT2D eigenvalue weighted by Gasteiger charge is -2.45. The molecule has 0 saturated carbocycles. The van der Waals surface area contributed by atoms with E-state index in [0.717, 1.165) is 51.9 Å². The highest BCUT2D eigenvalue weighted by Crippen LogP contribution is 2.28. The fourth-order valence-corrected chi connectivity index (χ4v) is 3.31. The predicted molar refractivity (Wildman–Crippen MR) is 69.2 cm³/mol. The minimum absolute atomic E-state index is 0.113. The van der Waals surface area contributed by atoms with E-state index in [1.807, 2.05) is 4.90 Å². The highest BCUT2D eigenvalue weighted by atomic mass is 16.5. The molecule has 0 aromatic heterocycles. The molecular weight excluding hydrogens is 228 g/mol. The van der Waals surface area contributed by atoms with Crippen molar-refractivity contribution in [2.75, 3.05) is 32.8 Å². The molecule has 1 amide bonds. The lowest BCUT2D eigenvalue weighted by molar-refractivity contribution is -0.156. The molecule has 100 valence electrons. The van der Waals surface area contributed by atoms with Crippen molar-refractivity contribution in [2.45, 2.75) is 31.3 Å². The third-order valence-corrected chi connectivity index (χ3v) is 4.35. The maximum Gasteiger partial charge on any atom is 0.226 e. The van der Waals surface area contributed by atoms with Gasteiger partial charge in [0.1, 0.15) is 0 Å². The fraction of sp³-hybridized carbons (Fsp3) is 0.786. The number of amides is 1. The Morgan fingerprint density at radius 2 is 2.22 bits per heavy atom. The van der Waals surface area contributed by atoms with E-state index in [-0.39, 0.29) is 11.5 Å². The second-order valence-electron chi connectivity index (χ2n) is 5.71. The first-order chi connectivity index (χ1) is 8.79. The minimum Gasteiger partial charge on any atom is -0.370 e. The fourth-order valence-electron chi connectivity index (χ4n) is 3.31. The summed E-state index contributed by atoms with van der Waals surface area (Å²) >= 11 is 0. The molecule has 18 heavy (non-hydrogen) atoms. The molecule has 1 N–H and O–H groups in total. The van der Waals surface area contributed by atoms with E-state index in [9.17, 15) is 4.79 Å². The van der Waals surface area contributed by atoms with E-state index < -0.39 is 0 Å². The van der Waals surface area contributed by atoms with Crippen LogP contribution < -0.4 is 5.32 Å². The van der Waals surface area contributed by atoms with Gasteiger partial charge in [-0.3, -0.25) is 4.79 Å². The summed E-state index contributed by atoms with van der Waals surface area (Å²) in [6.45, 7) is 4.19. The monoisotopic (exact) mass is 250 g/mol. The summed E-state index contributed by atoms with van der Waals surface area (Å²) in [4.78, 5) is 14.5. The molecule has 2 heterocycles. The van der Waals surface area contributed by atoms with Gasteiger partial charge >= 0.3 is 0 Å². The molecule has 0 radical (unpaired) electrons. The number of piperidine rings is 1. The van der Waals surface area contributed by atoms with Gasteiger partial charge in [-0.1, -0.05) is 12.2 Å². The summed E-state index contributed by atoms with van der Waals surface area (Å²) in [6.07, 6.45) is 8.31. The maximum atomic E-state index is 12.4. The Morgan fingerprint density at radius 1 is 1.39 bits per heavy atom. The maximum absolute atomic E-state index is 12.4. The molecule has 3 rings (SSSR count). The Hall–Kier alpha value is -0.870. The van der Waals surface area contributed by atoms with Crippen LogP contribution in [-0.4, -0.2) is 49.2 Å². The normalized spacial score (nSPS) is 33.2. The van der Waals surface area contributed by atoms with Gasteiger partial charge in [0.25, 0.3) is 0 Å². The van der Waals surface area contributed by atoms with Crippen molar-refractivity contribution < 1.29 is 9.53 Å². The van der Waals surface area contributed by atoms with Gasteiger partial charge in [-0.25, -0.2) is 0 Å². The summed E-state index contributed by atoms with van der Waals surface area (Å²) in [6, 6.07) is 0. The SMILES string of the molecule is O=C(C1CC=CC1)N1CCO[C@]2(CCCNC2)C1. The summed E-state index contributed by atoms with van der Waals surface area (Å²) < 4.78 is 5.98. The van der Waals surface area contributed by atoms with Gasteiger partial charge in [-0.05, 0) is 32.2 Å². The zero-order valence-corrected chi connectivity index (χ0v) is 10.9. The Balaban J connectivity index is 1.64. The molecular formula is C14H22N2O2. The van der Waals surface area contributed by atoms with Crippen LogP contribution in [-0.2, 0) is 9.53 Å². The van der Waals surface area contributed by atoms with Gasteiger partial charge in [-0.15, -0.1) is 0 Å². The first-order valence-corrected chi connectivity index (χ1v) is 7.08. The smallest absolute Gasteiger partial charge is 0.226 e. The molecule has 4 nitrogen and oxygen atoms in total. The van der Waals surface area contributed by atoms with Gasteiger partial charge in [0.2, 0.25) is 5.91 Å². The molecule has 1 atom stereocenters. The number of nitrogens with one attached hydrogen (secondary N) is 1. The van der Waals surface area contributed by atoms with Gasteiger partial charge in [0.05, 0.1) is 18.8 Å². The summed E-state index contributed by atoms with van der Waals surface area (Å²) in [7, 11) is 0. The van der Waals surface area contributed by atoms with E-state index >= 15 is 0 Å². The Kier molecular flexibility index (Phi) is 3.39. The molecule has 1 aliphatic carbocycles. The zero-order valence-electron chi connectivity index (χ0n) is 10.9. The summed E-state index contributed by atoms with van der Waals surface area (Å²) in [5.74, 6) is 0.518. The number of nitrogens with zero attached hydrogens (tertiary/aromatic N) is 1. The lowest BCUT2D eigenvalue weighted by Crippen LogP contribution is -2.60. The van der Waals surface area contributed by atoms with Gasteiger partial charge in [0, 0.05) is 19.0 Å². The molecule has 4 heteroatoms. The largest absolute Gasteiger partial charge is 0.370 e. The van der Waals surface area contributed by atoms with Crippen LogP contribution >= 0.6 is 0 Å². The number of ether oxygens (including phenoxy) is 1. The van der Waals surface area contributed by atoms with Crippen LogP contribution in [0.2, 0.25) is 0 Å². The van der Waals surface area contributed by atoms with Crippen molar-refractivity contribution in [1.29, 1.82) is 0 Å². The first-order valence-electron chi connectivity index (χ1n) is 7.08.